The molecule has 1 heterocycles. The molecule has 1 aromatic carbocycles. The van der Waals surface area contributed by atoms with Crippen molar-refractivity contribution in [1.29, 1.82) is 0 Å². The van der Waals surface area contributed by atoms with Gasteiger partial charge in [-0.2, -0.15) is 0 Å². The van der Waals surface area contributed by atoms with E-state index in [1.807, 2.05) is 23.6 Å². The minimum atomic E-state index is -3.11. The van der Waals surface area contributed by atoms with Gasteiger partial charge in [0.1, 0.15) is 9.84 Å². The van der Waals surface area contributed by atoms with E-state index in [1.165, 1.54) is 0 Å². The van der Waals surface area contributed by atoms with Gasteiger partial charge in [0.15, 0.2) is 0 Å². The lowest BCUT2D eigenvalue weighted by Crippen LogP contribution is -2.37. The number of hydrogen-bond donors (Lipinski definition) is 2. The molecular weight excluding hydrogens is 296 g/mol. The van der Waals surface area contributed by atoms with Crippen LogP contribution >= 0.6 is 11.3 Å². The molecule has 0 aliphatic heterocycles. The van der Waals surface area contributed by atoms with Crippen LogP contribution in [0.1, 0.15) is 6.42 Å². The number of carbonyl (C=O) groups excluding carboxylic acids is 1. The van der Waals surface area contributed by atoms with Gasteiger partial charge in [-0.15, -0.1) is 11.3 Å². The molecule has 0 aliphatic carbocycles. The zero-order valence-electron chi connectivity index (χ0n) is 11.0. The summed E-state index contributed by atoms with van der Waals surface area (Å²) in [7, 11) is -3.11. The Labute approximate surface area is 121 Å². The predicted molar refractivity (Wildman–Crippen MR) is 82.8 cm³/mol. The van der Waals surface area contributed by atoms with Crippen LogP contribution in [0.4, 0.5) is 5.69 Å². The van der Waals surface area contributed by atoms with Crippen molar-refractivity contribution in [3.63, 3.8) is 0 Å². The van der Waals surface area contributed by atoms with Crippen molar-refractivity contribution in [3.8, 4) is 0 Å². The van der Waals surface area contributed by atoms with E-state index in [0.29, 0.717) is 5.69 Å². The Balaban J connectivity index is 1.99. The van der Waals surface area contributed by atoms with Gasteiger partial charge in [0.25, 0.3) is 0 Å². The topological polar surface area (TPSA) is 89.3 Å². The standard InChI is InChI=1S/C13H16N2O3S2/c1-20(17,18)7-5-11(14)13(16)15-10-2-3-12-9(8-10)4-6-19-12/h2-4,6,8,11H,5,7,14H2,1H3,(H,15,16). The summed E-state index contributed by atoms with van der Waals surface area (Å²) in [6.45, 7) is 0. The second-order valence-corrected chi connectivity index (χ2v) is 7.89. The second-order valence-electron chi connectivity index (χ2n) is 4.69. The molecular formula is C13H16N2O3S2. The first-order chi connectivity index (χ1) is 9.35. The number of rotatable bonds is 5. The fraction of sp³-hybridized carbons (Fsp3) is 0.308. The first-order valence-electron chi connectivity index (χ1n) is 6.06. The third-order valence-corrected chi connectivity index (χ3v) is 4.73. The molecule has 0 saturated heterocycles. The molecule has 20 heavy (non-hydrogen) atoms. The molecule has 1 aromatic heterocycles. The molecule has 0 aliphatic rings. The third-order valence-electron chi connectivity index (χ3n) is 2.86. The number of sulfone groups is 1. The van der Waals surface area contributed by atoms with Crippen LogP contribution in [0.15, 0.2) is 29.6 Å². The van der Waals surface area contributed by atoms with Crippen molar-refractivity contribution in [1.82, 2.24) is 0 Å². The maximum atomic E-state index is 11.9. The van der Waals surface area contributed by atoms with Gasteiger partial charge in [-0.05, 0) is 41.5 Å². The SMILES string of the molecule is CS(=O)(=O)CCC(N)C(=O)Nc1ccc2sccc2c1. The lowest BCUT2D eigenvalue weighted by atomic mass is 10.2. The average Bonchev–Trinajstić information content (AvgIpc) is 2.82. The number of nitrogens with two attached hydrogens (primary N) is 1. The maximum Gasteiger partial charge on any atom is 0.241 e. The van der Waals surface area contributed by atoms with Crippen molar-refractivity contribution < 1.29 is 13.2 Å². The zero-order valence-corrected chi connectivity index (χ0v) is 12.6. The lowest BCUT2D eigenvalue weighted by molar-refractivity contribution is -0.117. The van der Waals surface area contributed by atoms with Crippen LogP contribution in [0.25, 0.3) is 10.1 Å². The van der Waals surface area contributed by atoms with E-state index in [2.05, 4.69) is 5.32 Å². The molecule has 7 heteroatoms. The molecule has 1 amide bonds. The van der Waals surface area contributed by atoms with Crippen molar-refractivity contribution >= 4 is 42.9 Å². The normalized spacial score (nSPS) is 13.3. The monoisotopic (exact) mass is 312 g/mol. The van der Waals surface area contributed by atoms with E-state index in [1.54, 1.807) is 17.4 Å². The lowest BCUT2D eigenvalue weighted by Gasteiger charge is -2.11. The Bertz CT molecular complexity index is 722. The minimum absolute atomic E-state index is 0.0921. The second kappa shape index (κ2) is 5.90. The third kappa shape index (κ3) is 4.03. The molecule has 0 fully saturated rings. The predicted octanol–water partition coefficient (Wildman–Crippen LogP) is 1.60. The van der Waals surface area contributed by atoms with Crippen molar-refractivity contribution in [2.45, 2.75) is 12.5 Å². The van der Waals surface area contributed by atoms with Gasteiger partial charge < -0.3 is 11.1 Å². The van der Waals surface area contributed by atoms with Gasteiger partial charge in [0.05, 0.1) is 11.8 Å². The summed E-state index contributed by atoms with van der Waals surface area (Å²) in [5.41, 5.74) is 6.35. The molecule has 5 nitrogen and oxygen atoms in total. The van der Waals surface area contributed by atoms with Crippen LogP contribution in [0, 0.1) is 0 Å². The first kappa shape index (κ1) is 15.0. The highest BCUT2D eigenvalue weighted by Crippen LogP contribution is 2.24. The van der Waals surface area contributed by atoms with Crippen molar-refractivity contribution in [3.05, 3.63) is 29.6 Å². The first-order valence-corrected chi connectivity index (χ1v) is 9.00. The number of thiophene rings is 1. The number of benzene rings is 1. The molecule has 0 spiro atoms. The molecule has 1 unspecified atom stereocenters. The van der Waals surface area contributed by atoms with Crippen LogP contribution in [-0.4, -0.2) is 32.4 Å². The number of hydrogen-bond acceptors (Lipinski definition) is 5. The Morgan fingerprint density at radius 2 is 2.15 bits per heavy atom. The Morgan fingerprint density at radius 1 is 1.40 bits per heavy atom. The van der Waals surface area contributed by atoms with Crippen LogP contribution < -0.4 is 11.1 Å². The van der Waals surface area contributed by atoms with E-state index < -0.39 is 15.9 Å². The average molecular weight is 312 g/mol. The summed E-state index contributed by atoms with van der Waals surface area (Å²) in [4.78, 5) is 11.9. The van der Waals surface area contributed by atoms with Crippen LogP contribution in [0.5, 0.6) is 0 Å². The van der Waals surface area contributed by atoms with E-state index in [4.69, 9.17) is 5.73 Å². The molecule has 0 bridgehead atoms. The van der Waals surface area contributed by atoms with Gasteiger partial charge in [0.2, 0.25) is 5.91 Å². The Kier molecular flexibility index (Phi) is 4.42. The number of fused-ring (bicyclic) bond motifs is 1. The number of nitrogens with one attached hydrogen (secondary N) is 1. The number of carbonyl (C=O) groups is 1. The van der Waals surface area contributed by atoms with E-state index in [9.17, 15) is 13.2 Å². The van der Waals surface area contributed by atoms with E-state index >= 15 is 0 Å². The van der Waals surface area contributed by atoms with E-state index in [0.717, 1.165) is 16.3 Å². The molecule has 108 valence electrons. The summed E-state index contributed by atoms with van der Waals surface area (Å²) in [6, 6.07) is 6.74. The van der Waals surface area contributed by atoms with E-state index in [-0.39, 0.29) is 18.1 Å². The molecule has 1 atom stereocenters. The van der Waals surface area contributed by atoms with Gasteiger partial charge >= 0.3 is 0 Å². The van der Waals surface area contributed by atoms with Gasteiger partial charge in [0, 0.05) is 16.6 Å². The Morgan fingerprint density at radius 3 is 2.85 bits per heavy atom. The molecule has 0 saturated carbocycles. The molecule has 3 N–H and O–H groups in total. The fourth-order valence-corrected chi connectivity index (χ4v) is 3.20. The van der Waals surface area contributed by atoms with Crippen molar-refractivity contribution in [2.24, 2.45) is 5.73 Å². The van der Waals surface area contributed by atoms with Gasteiger partial charge in [-0.25, -0.2) is 8.42 Å². The molecule has 2 aromatic rings. The van der Waals surface area contributed by atoms with Crippen LogP contribution in [-0.2, 0) is 14.6 Å². The smallest absolute Gasteiger partial charge is 0.241 e. The van der Waals surface area contributed by atoms with Crippen LogP contribution in [0.2, 0.25) is 0 Å². The quantitative estimate of drug-likeness (QED) is 0.877. The largest absolute Gasteiger partial charge is 0.325 e. The fourth-order valence-electron chi connectivity index (χ4n) is 1.75. The maximum absolute atomic E-state index is 11.9. The summed E-state index contributed by atoms with van der Waals surface area (Å²) in [5, 5.41) is 5.74. The van der Waals surface area contributed by atoms with Crippen molar-refractivity contribution in [2.75, 3.05) is 17.3 Å². The summed E-state index contributed by atoms with van der Waals surface area (Å²) in [5.74, 6) is -0.464. The highest BCUT2D eigenvalue weighted by Gasteiger charge is 2.16. The molecule has 2 rings (SSSR count). The Hall–Kier alpha value is -1.44. The van der Waals surface area contributed by atoms with Gasteiger partial charge in [-0.3, -0.25) is 4.79 Å². The summed E-state index contributed by atoms with van der Waals surface area (Å²) in [6.07, 6.45) is 1.24. The molecule has 0 radical (unpaired) electrons. The summed E-state index contributed by atoms with van der Waals surface area (Å²) < 4.78 is 23.2. The zero-order chi connectivity index (χ0) is 14.8. The summed E-state index contributed by atoms with van der Waals surface area (Å²) >= 11 is 1.63. The number of anilines is 1. The number of amides is 1. The minimum Gasteiger partial charge on any atom is -0.325 e. The highest BCUT2D eigenvalue weighted by molar-refractivity contribution is 7.90. The van der Waals surface area contributed by atoms with Gasteiger partial charge in [-0.1, -0.05) is 0 Å². The highest BCUT2D eigenvalue weighted by atomic mass is 32.2. The van der Waals surface area contributed by atoms with Crippen LogP contribution in [0.3, 0.4) is 0 Å².